The molecule has 0 radical (unpaired) electrons. The molecular weight excluding hydrogens is 523 g/mol. The summed E-state index contributed by atoms with van der Waals surface area (Å²) in [7, 11) is 0. The van der Waals surface area contributed by atoms with E-state index in [0.717, 1.165) is 16.9 Å². The first-order valence-corrected chi connectivity index (χ1v) is 11.5. The summed E-state index contributed by atoms with van der Waals surface area (Å²) in [5.41, 5.74) is 2.31. The number of anilines is 1. The van der Waals surface area contributed by atoms with Gasteiger partial charge in [0.05, 0.1) is 26.5 Å². The average Bonchev–Trinajstić information content (AvgIpc) is 3.07. The number of phenolic OH excluding ortho intramolecular Hbond substituents is 1. The first-order chi connectivity index (χ1) is 15.1. The van der Waals surface area contributed by atoms with Gasteiger partial charge in [-0.1, -0.05) is 36.4 Å². The number of hydrogen-bond acceptors (Lipinski definition) is 5. The molecule has 156 valence electrons. The Morgan fingerprint density at radius 1 is 1.10 bits per heavy atom. The van der Waals surface area contributed by atoms with Crippen molar-refractivity contribution >= 4 is 62.9 Å². The number of carbonyl (C=O) groups is 1. The van der Waals surface area contributed by atoms with Crippen molar-refractivity contribution in [2.45, 2.75) is 6.92 Å². The van der Waals surface area contributed by atoms with Crippen molar-refractivity contribution in [3.05, 3.63) is 86.8 Å². The Kier molecular flexibility index (Phi) is 6.62. The lowest BCUT2D eigenvalue weighted by molar-refractivity contribution is -0.113. The first kappa shape index (κ1) is 21.5. The highest BCUT2D eigenvalue weighted by atomic mass is 127. The van der Waals surface area contributed by atoms with E-state index in [1.165, 1.54) is 11.8 Å². The molecule has 0 atom stereocenters. The molecule has 3 aromatic carbocycles. The van der Waals surface area contributed by atoms with Gasteiger partial charge in [-0.3, -0.25) is 9.69 Å². The van der Waals surface area contributed by atoms with Gasteiger partial charge in [-0.15, -0.1) is 0 Å². The number of benzene rings is 3. The normalized spacial score (nSPS) is 16.3. The molecule has 1 aliphatic rings. The molecule has 5 nitrogen and oxygen atoms in total. The summed E-state index contributed by atoms with van der Waals surface area (Å²) >= 11 is 3.38. The number of ether oxygens (including phenoxy) is 1. The van der Waals surface area contributed by atoms with Crippen LogP contribution in [0, 0.1) is 3.57 Å². The third-order valence-corrected chi connectivity index (χ3v) is 6.24. The summed E-state index contributed by atoms with van der Waals surface area (Å²) < 4.78 is 6.19. The maximum Gasteiger partial charge on any atom is 0.271 e. The Morgan fingerprint density at radius 2 is 1.77 bits per heavy atom. The van der Waals surface area contributed by atoms with E-state index in [-0.39, 0.29) is 11.7 Å². The van der Waals surface area contributed by atoms with E-state index in [9.17, 15) is 9.90 Å². The Morgan fingerprint density at radius 3 is 2.45 bits per heavy atom. The molecular formula is C24H19IN2O3S. The fourth-order valence-corrected chi connectivity index (χ4v) is 4.69. The van der Waals surface area contributed by atoms with Crippen molar-refractivity contribution in [3.8, 4) is 11.5 Å². The Hall–Kier alpha value is -2.78. The monoisotopic (exact) mass is 542 g/mol. The molecule has 4 rings (SSSR count). The van der Waals surface area contributed by atoms with E-state index in [1.54, 1.807) is 17.0 Å². The number of para-hydroxylation sites is 2. The minimum absolute atomic E-state index is 0.104. The van der Waals surface area contributed by atoms with Crippen LogP contribution in [-0.2, 0) is 4.79 Å². The standard InChI is InChI=1S/C24H19IN2O3S/c1-2-30-20-14-16(13-19(25)22(20)28)15-21-23(29)27(18-11-7-4-8-12-18)24(31-21)26-17-9-5-3-6-10-17/h3-15,28H,2H2,1H3/b21-15-,26-24?. The molecule has 1 heterocycles. The molecule has 1 N–H and O–H groups in total. The number of aliphatic imine (C=N–C) groups is 1. The molecule has 0 aliphatic carbocycles. The van der Waals surface area contributed by atoms with E-state index >= 15 is 0 Å². The first-order valence-electron chi connectivity index (χ1n) is 9.65. The molecule has 1 saturated heterocycles. The second kappa shape index (κ2) is 9.57. The zero-order valence-electron chi connectivity index (χ0n) is 16.7. The molecule has 0 aromatic heterocycles. The van der Waals surface area contributed by atoms with Gasteiger partial charge in [0.15, 0.2) is 16.7 Å². The third-order valence-electron chi connectivity index (χ3n) is 4.45. The van der Waals surface area contributed by atoms with E-state index in [0.29, 0.717) is 26.0 Å². The summed E-state index contributed by atoms with van der Waals surface area (Å²) in [5.74, 6) is 0.356. The lowest BCUT2D eigenvalue weighted by atomic mass is 10.2. The molecule has 31 heavy (non-hydrogen) atoms. The fraction of sp³-hybridized carbons (Fsp3) is 0.0833. The smallest absolute Gasteiger partial charge is 0.271 e. The Bertz CT molecular complexity index is 1160. The van der Waals surface area contributed by atoms with E-state index in [2.05, 4.69) is 22.6 Å². The highest BCUT2D eigenvalue weighted by Gasteiger charge is 2.34. The summed E-state index contributed by atoms with van der Waals surface area (Å²) in [6, 6.07) is 22.6. The second-order valence-corrected chi connectivity index (χ2v) is 8.77. The number of aromatic hydroxyl groups is 1. The third kappa shape index (κ3) is 4.77. The maximum absolute atomic E-state index is 13.3. The number of rotatable bonds is 5. The highest BCUT2D eigenvalue weighted by Crippen LogP contribution is 2.39. The minimum atomic E-state index is -0.146. The zero-order valence-corrected chi connectivity index (χ0v) is 19.6. The van der Waals surface area contributed by atoms with Crippen LogP contribution in [0.2, 0.25) is 0 Å². The van der Waals surface area contributed by atoms with E-state index in [1.807, 2.05) is 73.7 Å². The predicted octanol–water partition coefficient (Wildman–Crippen LogP) is 6.20. The number of amidine groups is 1. The quantitative estimate of drug-likeness (QED) is 0.308. The number of phenols is 1. The highest BCUT2D eigenvalue weighted by molar-refractivity contribution is 14.1. The van der Waals surface area contributed by atoms with Crippen molar-refractivity contribution in [2.24, 2.45) is 4.99 Å². The molecule has 0 bridgehead atoms. The Labute approximate surface area is 198 Å². The van der Waals surface area contributed by atoms with Crippen LogP contribution in [0.1, 0.15) is 12.5 Å². The molecule has 0 saturated carbocycles. The lowest BCUT2D eigenvalue weighted by Gasteiger charge is -2.15. The van der Waals surface area contributed by atoms with Crippen LogP contribution in [0.4, 0.5) is 11.4 Å². The Balaban J connectivity index is 1.76. The van der Waals surface area contributed by atoms with Crippen LogP contribution < -0.4 is 9.64 Å². The molecule has 1 fully saturated rings. The molecule has 0 unspecified atom stereocenters. The van der Waals surface area contributed by atoms with Gasteiger partial charge >= 0.3 is 0 Å². The van der Waals surface area contributed by atoms with Crippen molar-refractivity contribution in [2.75, 3.05) is 11.5 Å². The van der Waals surface area contributed by atoms with E-state index in [4.69, 9.17) is 9.73 Å². The lowest BCUT2D eigenvalue weighted by Crippen LogP contribution is -2.28. The summed E-state index contributed by atoms with van der Waals surface area (Å²) in [5, 5.41) is 10.8. The molecule has 0 spiro atoms. The van der Waals surface area contributed by atoms with Gasteiger partial charge in [0.1, 0.15) is 0 Å². The number of halogens is 1. The number of hydrogen-bond donors (Lipinski definition) is 1. The van der Waals surface area contributed by atoms with Gasteiger partial charge in [0.25, 0.3) is 5.91 Å². The summed E-state index contributed by atoms with van der Waals surface area (Å²) in [6.07, 6.45) is 1.81. The molecule has 3 aromatic rings. The summed E-state index contributed by atoms with van der Waals surface area (Å²) in [4.78, 5) is 20.2. The largest absolute Gasteiger partial charge is 0.504 e. The predicted molar refractivity (Wildman–Crippen MR) is 135 cm³/mol. The summed E-state index contributed by atoms with van der Waals surface area (Å²) in [6.45, 7) is 2.30. The van der Waals surface area contributed by atoms with E-state index < -0.39 is 0 Å². The van der Waals surface area contributed by atoms with Gasteiger partial charge in [0.2, 0.25) is 0 Å². The van der Waals surface area contributed by atoms with Gasteiger partial charge < -0.3 is 9.84 Å². The fourth-order valence-electron chi connectivity index (χ4n) is 3.06. The van der Waals surface area contributed by atoms with Crippen molar-refractivity contribution in [3.63, 3.8) is 0 Å². The number of nitrogens with zero attached hydrogens (tertiary/aromatic N) is 2. The number of thioether (sulfide) groups is 1. The average molecular weight is 542 g/mol. The molecule has 1 aliphatic heterocycles. The number of carbonyl (C=O) groups excluding carboxylic acids is 1. The number of amides is 1. The van der Waals surface area contributed by atoms with Crippen LogP contribution in [0.3, 0.4) is 0 Å². The van der Waals surface area contributed by atoms with Gasteiger partial charge in [-0.25, -0.2) is 4.99 Å². The van der Waals surface area contributed by atoms with Crippen LogP contribution >= 0.6 is 34.4 Å². The zero-order chi connectivity index (χ0) is 21.8. The van der Waals surface area contributed by atoms with Gasteiger partial charge in [-0.05, 0) is 89.3 Å². The topological polar surface area (TPSA) is 62.1 Å². The van der Waals surface area contributed by atoms with Gasteiger partial charge in [-0.2, -0.15) is 0 Å². The van der Waals surface area contributed by atoms with Crippen molar-refractivity contribution in [1.82, 2.24) is 0 Å². The van der Waals surface area contributed by atoms with Gasteiger partial charge in [0, 0.05) is 0 Å². The van der Waals surface area contributed by atoms with Crippen LogP contribution in [0.25, 0.3) is 6.08 Å². The SMILES string of the molecule is CCOc1cc(/C=C2\SC(=Nc3ccccc3)N(c3ccccc3)C2=O)cc(I)c1O. The van der Waals surface area contributed by atoms with Crippen LogP contribution in [0.15, 0.2) is 82.7 Å². The van der Waals surface area contributed by atoms with Crippen LogP contribution in [0.5, 0.6) is 11.5 Å². The molecule has 1 amide bonds. The van der Waals surface area contributed by atoms with Crippen LogP contribution in [-0.4, -0.2) is 22.8 Å². The minimum Gasteiger partial charge on any atom is -0.504 e. The molecule has 7 heteroatoms. The van der Waals surface area contributed by atoms with Crippen molar-refractivity contribution in [1.29, 1.82) is 0 Å². The maximum atomic E-state index is 13.3. The van der Waals surface area contributed by atoms with Crippen molar-refractivity contribution < 1.29 is 14.6 Å². The second-order valence-electron chi connectivity index (χ2n) is 6.60.